The number of halogens is 1. The van der Waals surface area contributed by atoms with Crippen molar-refractivity contribution < 1.29 is 13.9 Å². The molecule has 0 aliphatic carbocycles. The largest absolute Gasteiger partial charge is 0.475 e. The highest BCUT2D eigenvalue weighted by atomic mass is 32.1. The number of rotatable bonds is 4. The van der Waals surface area contributed by atoms with E-state index in [1.807, 2.05) is 6.92 Å². The van der Waals surface area contributed by atoms with Gasteiger partial charge >= 0.3 is 0 Å². The van der Waals surface area contributed by atoms with Gasteiger partial charge in [-0.2, -0.15) is 0 Å². The second-order valence-corrected chi connectivity index (χ2v) is 7.12. The lowest BCUT2D eigenvalue weighted by atomic mass is 9.81. The van der Waals surface area contributed by atoms with Crippen LogP contribution in [0.2, 0.25) is 0 Å². The Morgan fingerprint density at radius 1 is 1.48 bits per heavy atom. The van der Waals surface area contributed by atoms with Gasteiger partial charge in [-0.3, -0.25) is 0 Å². The Balaban J connectivity index is 1.39. The molecule has 2 aromatic heterocycles. The highest BCUT2D eigenvalue weighted by Crippen LogP contribution is 2.42. The lowest BCUT2D eigenvalue weighted by Crippen LogP contribution is -2.65. The van der Waals surface area contributed by atoms with E-state index in [0.29, 0.717) is 13.2 Å². The lowest BCUT2D eigenvalue weighted by molar-refractivity contribution is -0.0528. The molecule has 4 rings (SSSR count). The minimum absolute atomic E-state index is 0.0606. The summed E-state index contributed by atoms with van der Waals surface area (Å²) >= 11 is 1.58. The zero-order valence-electron chi connectivity index (χ0n) is 12.7. The summed E-state index contributed by atoms with van der Waals surface area (Å²) in [6, 6.07) is 2.91. The molecule has 2 saturated heterocycles. The van der Waals surface area contributed by atoms with Crippen molar-refractivity contribution in [3.63, 3.8) is 0 Å². The Bertz CT molecular complexity index is 704. The van der Waals surface area contributed by atoms with Crippen molar-refractivity contribution >= 4 is 16.5 Å². The second-order valence-electron chi connectivity index (χ2n) is 5.96. The molecule has 2 fully saturated rings. The molecule has 0 N–H and O–H groups in total. The van der Waals surface area contributed by atoms with Gasteiger partial charge in [-0.25, -0.2) is 9.37 Å². The molecule has 0 aromatic carbocycles. The molecule has 8 heteroatoms. The van der Waals surface area contributed by atoms with Gasteiger partial charge in [0.25, 0.3) is 0 Å². The molecule has 1 atom stereocenters. The Morgan fingerprint density at radius 2 is 2.35 bits per heavy atom. The van der Waals surface area contributed by atoms with Crippen molar-refractivity contribution in [2.75, 3.05) is 31.2 Å². The highest BCUT2D eigenvalue weighted by molar-refractivity contribution is 7.15. The van der Waals surface area contributed by atoms with E-state index in [4.69, 9.17) is 9.47 Å². The highest BCUT2D eigenvalue weighted by Gasteiger charge is 2.54. The molecule has 0 amide bonds. The third-order valence-electron chi connectivity index (χ3n) is 4.45. The summed E-state index contributed by atoms with van der Waals surface area (Å²) in [4.78, 5) is 6.10. The lowest BCUT2D eigenvalue weighted by Gasteiger charge is -2.49. The number of hydrogen-bond donors (Lipinski definition) is 0. The van der Waals surface area contributed by atoms with Crippen LogP contribution in [-0.2, 0) is 4.74 Å². The van der Waals surface area contributed by atoms with Crippen LogP contribution < -0.4 is 9.64 Å². The van der Waals surface area contributed by atoms with Crippen molar-refractivity contribution in [3.8, 4) is 5.88 Å². The molecule has 0 bridgehead atoms. The van der Waals surface area contributed by atoms with Crippen LogP contribution in [0.3, 0.4) is 0 Å². The first kappa shape index (κ1) is 14.8. The van der Waals surface area contributed by atoms with E-state index in [9.17, 15) is 4.39 Å². The number of hydrogen-bond acceptors (Lipinski definition) is 7. The van der Waals surface area contributed by atoms with E-state index in [1.165, 1.54) is 12.3 Å². The number of aromatic nitrogens is 3. The summed E-state index contributed by atoms with van der Waals surface area (Å²) in [6.45, 7) is 4.63. The van der Waals surface area contributed by atoms with Crippen molar-refractivity contribution in [1.82, 2.24) is 15.2 Å². The van der Waals surface area contributed by atoms with Crippen LogP contribution >= 0.6 is 11.3 Å². The Hall–Kier alpha value is -1.80. The molecule has 1 spiro atoms. The van der Waals surface area contributed by atoms with Crippen LogP contribution in [0.15, 0.2) is 18.3 Å². The quantitative estimate of drug-likeness (QED) is 0.852. The summed E-state index contributed by atoms with van der Waals surface area (Å²) in [6.07, 6.45) is 2.44. The maximum Gasteiger partial charge on any atom is 0.250 e. The fourth-order valence-corrected chi connectivity index (χ4v) is 3.86. The Labute approximate surface area is 137 Å². The van der Waals surface area contributed by atoms with E-state index in [1.54, 1.807) is 17.4 Å². The second kappa shape index (κ2) is 5.68. The van der Waals surface area contributed by atoms with Crippen molar-refractivity contribution in [2.24, 2.45) is 5.92 Å². The predicted octanol–water partition coefficient (Wildman–Crippen LogP) is 2.05. The van der Waals surface area contributed by atoms with E-state index in [0.717, 1.165) is 29.6 Å². The van der Waals surface area contributed by atoms with Crippen LogP contribution in [0.5, 0.6) is 5.88 Å². The number of anilines is 1. The first-order valence-electron chi connectivity index (χ1n) is 7.59. The van der Waals surface area contributed by atoms with Crippen LogP contribution in [0.1, 0.15) is 11.4 Å². The third kappa shape index (κ3) is 2.66. The van der Waals surface area contributed by atoms with Gasteiger partial charge < -0.3 is 14.4 Å². The Morgan fingerprint density at radius 3 is 3.09 bits per heavy atom. The summed E-state index contributed by atoms with van der Waals surface area (Å²) < 4.78 is 25.2. The predicted molar refractivity (Wildman–Crippen MR) is 83.3 cm³/mol. The Kier molecular flexibility index (Phi) is 3.65. The molecule has 2 aliphatic rings. The number of pyridine rings is 1. The summed E-state index contributed by atoms with van der Waals surface area (Å²) in [5, 5.41) is 10.1. The summed E-state index contributed by atoms with van der Waals surface area (Å²) in [5.74, 6) is -0.139. The smallest absolute Gasteiger partial charge is 0.250 e. The van der Waals surface area contributed by atoms with E-state index < -0.39 is 5.82 Å². The van der Waals surface area contributed by atoms with Gasteiger partial charge in [0, 0.05) is 18.7 Å². The maximum absolute atomic E-state index is 13.6. The monoisotopic (exact) mass is 336 g/mol. The van der Waals surface area contributed by atoms with Gasteiger partial charge in [-0.1, -0.05) is 11.3 Å². The van der Waals surface area contributed by atoms with E-state index in [-0.39, 0.29) is 17.4 Å². The fourth-order valence-electron chi connectivity index (χ4n) is 3.18. The van der Waals surface area contributed by atoms with Crippen molar-refractivity contribution in [2.45, 2.75) is 18.9 Å². The van der Waals surface area contributed by atoms with Crippen LogP contribution in [0.4, 0.5) is 9.52 Å². The van der Waals surface area contributed by atoms with Gasteiger partial charge in [0.2, 0.25) is 11.0 Å². The first-order valence-corrected chi connectivity index (χ1v) is 8.40. The fraction of sp³-hybridized carbons (Fsp3) is 0.533. The molecule has 122 valence electrons. The molecule has 1 unspecified atom stereocenters. The molecule has 2 aliphatic heterocycles. The summed E-state index contributed by atoms with van der Waals surface area (Å²) in [7, 11) is 0. The van der Waals surface area contributed by atoms with Gasteiger partial charge in [0.05, 0.1) is 19.7 Å². The van der Waals surface area contributed by atoms with Crippen LogP contribution in [0, 0.1) is 18.7 Å². The molecule has 6 nitrogen and oxygen atoms in total. The van der Waals surface area contributed by atoms with Crippen LogP contribution in [0.25, 0.3) is 0 Å². The van der Waals surface area contributed by atoms with E-state index >= 15 is 0 Å². The van der Waals surface area contributed by atoms with Gasteiger partial charge in [0.1, 0.15) is 10.6 Å². The maximum atomic E-state index is 13.6. The topological polar surface area (TPSA) is 60.4 Å². The SMILES string of the molecule is Cc1nnc(N2CC3(C2)OCCC3COc2ncccc2F)s1. The molecule has 23 heavy (non-hydrogen) atoms. The molecular formula is C15H17FN4O2S. The van der Waals surface area contributed by atoms with Gasteiger partial charge in [-0.15, -0.1) is 10.2 Å². The molecule has 2 aromatic rings. The molecule has 4 heterocycles. The number of ether oxygens (including phenoxy) is 2. The van der Waals surface area contributed by atoms with Crippen molar-refractivity contribution in [3.05, 3.63) is 29.2 Å². The molecule has 0 saturated carbocycles. The number of aryl methyl sites for hydroxylation is 1. The normalized spacial score (nSPS) is 22.3. The zero-order chi connectivity index (χ0) is 15.9. The summed E-state index contributed by atoms with van der Waals surface area (Å²) in [5.41, 5.74) is -0.217. The average molecular weight is 336 g/mol. The standard InChI is InChI=1S/C15H17FN4O2S/c1-10-18-19-14(23-10)20-8-15(9-20)11(4-6-22-15)7-21-13-12(16)3-2-5-17-13/h2-3,5,11H,4,6-9H2,1H3. The van der Waals surface area contributed by atoms with E-state index in [2.05, 4.69) is 20.1 Å². The third-order valence-corrected chi connectivity index (χ3v) is 5.35. The molecular weight excluding hydrogens is 319 g/mol. The minimum Gasteiger partial charge on any atom is -0.475 e. The minimum atomic E-state index is -0.431. The van der Waals surface area contributed by atoms with Gasteiger partial charge in [-0.05, 0) is 25.5 Å². The average Bonchev–Trinajstić information content (AvgIpc) is 3.11. The number of nitrogens with zero attached hydrogens (tertiary/aromatic N) is 4. The first-order chi connectivity index (χ1) is 11.2. The molecule has 0 radical (unpaired) electrons. The van der Waals surface area contributed by atoms with Crippen molar-refractivity contribution in [1.29, 1.82) is 0 Å². The van der Waals surface area contributed by atoms with Gasteiger partial charge in [0.15, 0.2) is 5.82 Å². The van der Waals surface area contributed by atoms with Crippen LogP contribution in [-0.4, -0.2) is 47.1 Å². The zero-order valence-corrected chi connectivity index (χ0v) is 13.6.